The van der Waals surface area contributed by atoms with Gasteiger partial charge in [-0.2, -0.15) is 0 Å². The molecule has 0 saturated carbocycles. The summed E-state index contributed by atoms with van der Waals surface area (Å²) in [6.45, 7) is 1.78. The van der Waals surface area contributed by atoms with E-state index in [1.807, 2.05) is 0 Å². The maximum Gasteiger partial charge on any atom is 0.268 e. The van der Waals surface area contributed by atoms with E-state index in [2.05, 4.69) is 5.32 Å². The van der Waals surface area contributed by atoms with Crippen molar-refractivity contribution in [2.45, 2.75) is 17.9 Å². The largest absolute Gasteiger partial charge is 0.347 e. The lowest BCUT2D eigenvalue weighted by molar-refractivity contribution is 0.0931. The molecule has 0 aliphatic rings. The predicted molar refractivity (Wildman–Crippen MR) is 79.1 cm³/mol. The molecule has 6 nitrogen and oxygen atoms in total. The normalized spacial score (nSPS) is 12.9. The molecule has 3 N–H and O–H groups in total. The zero-order valence-electron chi connectivity index (χ0n) is 11.8. The molecule has 7 heteroatoms. The Labute approximate surface area is 123 Å². The lowest BCUT2D eigenvalue weighted by atomic mass is 10.1. The molecule has 0 aliphatic heterocycles. The standard InChI is InChI=1S/C14H17N3O3S/c1-10(16-14(18)13-7-4-8-17(13)2)11-5-3-6-12(9-11)21(15,19)20/h3-10H,1-2H3,(H,16,18)(H2,15,19,20). The molecule has 0 spiro atoms. The molecular weight excluding hydrogens is 290 g/mol. The molecule has 1 unspecified atom stereocenters. The van der Waals surface area contributed by atoms with Crippen LogP contribution in [0.5, 0.6) is 0 Å². The van der Waals surface area contributed by atoms with Crippen LogP contribution in [-0.4, -0.2) is 18.9 Å². The number of nitrogens with one attached hydrogen (secondary N) is 1. The fourth-order valence-electron chi connectivity index (χ4n) is 2.01. The molecule has 21 heavy (non-hydrogen) atoms. The number of carbonyl (C=O) groups excluding carboxylic acids is 1. The Hall–Kier alpha value is -2.12. The Balaban J connectivity index is 2.19. The number of primary sulfonamides is 1. The number of sulfonamides is 1. The molecule has 2 aromatic rings. The fourth-order valence-corrected chi connectivity index (χ4v) is 2.58. The number of aryl methyl sites for hydroxylation is 1. The molecule has 1 heterocycles. The first-order chi connectivity index (χ1) is 9.79. The van der Waals surface area contributed by atoms with E-state index in [0.717, 1.165) is 0 Å². The van der Waals surface area contributed by atoms with Gasteiger partial charge in [0.15, 0.2) is 0 Å². The van der Waals surface area contributed by atoms with Gasteiger partial charge in [-0.1, -0.05) is 12.1 Å². The van der Waals surface area contributed by atoms with Crippen LogP contribution in [0.2, 0.25) is 0 Å². The van der Waals surface area contributed by atoms with Crippen molar-refractivity contribution in [3.05, 3.63) is 53.9 Å². The SMILES string of the molecule is CC(NC(=O)c1cccn1C)c1cccc(S(N)(=O)=O)c1. The summed E-state index contributed by atoms with van der Waals surface area (Å²) in [5.74, 6) is -0.226. The first kappa shape index (κ1) is 15.3. The second kappa shape index (κ2) is 5.71. The summed E-state index contributed by atoms with van der Waals surface area (Å²) in [5, 5.41) is 7.93. The zero-order valence-corrected chi connectivity index (χ0v) is 12.6. The summed E-state index contributed by atoms with van der Waals surface area (Å²) in [4.78, 5) is 12.1. The number of rotatable bonds is 4. The number of benzene rings is 1. The summed E-state index contributed by atoms with van der Waals surface area (Å²) >= 11 is 0. The Kier molecular flexibility index (Phi) is 4.15. The van der Waals surface area contributed by atoms with Gasteiger partial charge in [0.05, 0.1) is 10.9 Å². The second-order valence-corrected chi connectivity index (χ2v) is 6.38. The number of aromatic nitrogens is 1. The van der Waals surface area contributed by atoms with Gasteiger partial charge in [0.2, 0.25) is 10.0 Å². The van der Waals surface area contributed by atoms with E-state index in [1.54, 1.807) is 49.0 Å². The molecule has 0 radical (unpaired) electrons. The third kappa shape index (κ3) is 3.50. The maximum absolute atomic E-state index is 12.1. The van der Waals surface area contributed by atoms with Crippen molar-refractivity contribution in [3.8, 4) is 0 Å². The number of nitrogens with two attached hydrogens (primary N) is 1. The molecule has 0 fully saturated rings. The maximum atomic E-state index is 12.1. The van der Waals surface area contributed by atoms with Gasteiger partial charge in [-0.05, 0) is 36.8 Å². The van der Waals surface area contributed by atoms with Crippen molar-refractivity contribution in [2.75, 3.05) is 0 Å². The number of nitrogens with zero attached hydrogens (tertiary/aromatic N) is 1. The van der Waals surface area contributed by atoms with E-state index in [0.29, 0.717) is 11.3 Å². The molecule has 0 bridgehead atoms. The van der Waals surface area contributed by atoms with Gasteiger partial charge in [-0.3, -0.25) is 4.79 Å². The molecule has 1 amide bonds. The van der Waals surface area contributed by atoms with Gasteiger partial charge in [0, 0.05) is 13.2 Å². The summed E-state index contributed by atoms with van der Waals surface area (Å²) in [6.07, 6.45) is 1.78. The Morgan fingerprint density at radius 2 is 2.00 bits per heavy atom. The highest BCUT2D eigenvalue weighted by Gasteiger charge is 2.15. The quantitative estimate of drug-likeness (QED) is 0.887. The average Bonchev–Trinajstić information content (AvgIpc) is 2.84. The average molecular weight is 307 g/mol. The van der Waals surface area contributed by atoms with E-state index in [9.17, 15) is 13.2 Å². The van der Waals surface area contributed by atoms with E-state index >= 15 is 0 Å². The second-order valence-electron chi connectivity index (χ2n) is 4.82. The molecule has 1 aromatic carbocycles. The van der Waals surface area contributed by atoms with E-state index in [1.165, 1.54) is 12.1 Å². The zero-order chi connectivity index (χ0) is 15.6. The van der Waals surface area contributed by atoms with Gasteiger partial charge < -0.3 is 9.88 Å². The first-order valence-corrected chi connectivity index (χ1v) is 7.88. The Morgan fingerprint density at radius 1 is 1.29 bits per heavy atom. The topological polar surface area (TPSA) is 94.2 Å². The highest BCUT2D eigenvalue weighted by molar-refractivity contribution is 7.89. The van der Waals surface area contributed by atoms with Crippen molar-refractivity contribution in [1.82, 2.24) is 9.88 Å². The Morgan fingerprint density at radius 3 is 2.57 bits per heavy atom. The lowest BCUT2D eigenvalue weighted by Gasteiger charge is -2.15. The van der Waals surface area contributed by atoms with Crippen LogP contribution in [-0.2, 0) is 17.1 Å². The van der Waals surface area contributed by atoms with Crippen LogP contribution in [0, 0.1) is 0 Å². The van der Waals surface area contributed by atoms with Crippen LogP contribution >= 0.6 is 0 Å². The summed E-state index contributed by atoms with van der Waals surface area (Å²) in [7, 11) is -1.98. The Bertz CT molecular complexity index is 765. The van der Waals surface area contributed by atoms with Crippen molar-refractivity contribution in [3.63, 3.8) is 0 Å². The van der Waals surface area contributed by atoms with E-state index in [-0.39, 0.29) is 16.8 Å². The van der Waals surface area contributed by atoms with Crippen molar-refractivity contribution >= 4 is 15.9 Å². The third-order valence-corrected chi connectivity index (χ3v) is 4.12. The van der Waals surface area contributed by atoms with Gasteiger partial charge in [0.25, 0.3) is 5.91 Å². The van der Waals surface area contributed by atoms with E-state index in [4.69, 9.17) is 5.14 Å². The summed E-state index contributed by atoms with van der Waals surface area (Å²) in [5.41, 5.74) is 1.20. The molecule has 1 atom stereocenters. The van der Waals surface area contributed by atoms with Crippen LogP contribution in [0.4, 0.5) is 0 Å². The van der Waals surface area contributed by atoms with Crippen molar-refractivity contribution < 1.29 is 13.2 Å². The summed E-state index contributed by atoms with van der Waals surface area (Å²) in [6, 6.07) is 9.37. The molecule has 0 saturated heterocycles. The highest BCUT2D eigenvalue weighted by Crippen LogP contribution is 2.17. The molecule has 112 valence electrons. The van der Waals surface area contributed by atoms with Gasteiger partial charge in [0.1, 0.15) is 5.69 Å². The predicted octanol–water partition coefficient (Wildman–Crippen LogP) is 1.16. The third-order valence-electron chi connectivity index (χ3n) is 3.21. The number of hydrogen-bond donors (Lipinski definition) is 2. The van der Waals surface area contributed by atoms with Gasteiger partial charge >= 0.3 is 0 Å². The van der Waals surface area contributed by atoms with E-state index < -0.39 is 10.0 Å². The molecule has 0 aliphatic carbocycles. The monoisotopic (exact) mass is 307 g/mol. The molecule has 2 rings (SSSR count). The van der Waals surface area contributed by atoms with Crippen LogP contribution in [0.25, 0.3) is 0 Å². The van der Waals surface area contributed by atoms with Crippen LogP contribution in [0.1, 0.15) is 29.0 Å². The van der Waals surface area contributed by atoms with Crippen molar-refractivity contribution in [1.29, 1.82) is 0 Å². The van der Waals surface area contributed by atoms with Crippen LogP contribution in [0.15, 0.2) is 47.5 Å². The number of hydrogen-bond acceptors (Lipinski definition) is 3. The van der Waals surface area contributed by atoms with Gasteiger partial charge in [-0.25, -0.2) is 13.6 Å². The number of amides is 1. The summed E-state index contributed by atoms with van der Waals surface area (Å²) < 4.78 is 24.4. The molecular formula is C14H17N3O3S. The smallest absolute Gasteiger partial charge is 0.268 e. The fraction of sp³-hybridized carbons (Fsp3) is 0.214. The molecule has 1 aromatic heterocycles. The lowest BCUT2D eigenvalue weighted by Crippen LogP contribution is -2.28. The minimum atomic E-state index is -3.75. The van der Waals surface area contributed by atoms with Crippen molar-refractivity contribution in [2.24, 2.45) is 12.2 Å². The van der Waals surface area contributed by atoms with Crippen LogP contribution in [0.3, 0.4) is 0 Å². The first-order valence-electron chi connectivity index (χ1n) is 6.34. The minimum Gasteiger partial charge on any atom is -0.347 e. The van der Waals surface area contributed by atoms with Gasteiger partial charge in [-0.15, -0.1) is 0 Å². The van der Waals surface area contributed by atoms with Crippen LogP contribution < -0.4 is 10.5 Å². The highest BCUT2D eigenvalue weighted by atomic mass is 32.2. The number of carbonyl (C=O) groups is 1. The minimum absolute atomic E-state index is 0.0277.